The number of halogens is 3. The zero-order chi connectivity index (χ0) is 21.3. The van der Waals surface area contributed by atoms with E-state index in [1.54, 1.807) is 0 Å². The average molecular weight is 411 g/mol. The van der Waals surface area contributed by atoms with Crippen molar-refractivity contribution in [2.75, 3.05) is 6.61 Å². The summed E-state index contributed by atoms with van der Waals surface area (Å²) in [5.41, 5.74) is 3.16. The van der Waals surface area contributed by atoms with E-state index in [0.717, 1.165) is 18.2 Å². The zero-order valence-corrected chi connectivity index (χ0v) is 15.1. The Kier molecular flexibility index (Phi) is 5.38. The topological polar surface area (TPSA) is 112 Å². The van der Waals surface area contributed by atoms with Crippen molar-refractivity contribution in [2.24, 2.45) is 5.73 Å². The van der Waals surface area contributed by atoms with Gasteiger partial charge in [0.15, 0.2) is 5.76 Å². The molecule has 1 aromatic heterocycles. The Bertz CT molecular complexity index is 1040. The largest absolute Gasteiger partial charge is 0.462 e. The van der Waals surface area contributed by atoms with Crippen molar-refractivity contribution in [1.29, 1.82) is 0 Å². The lowest BCUT2D eigenvalue weighted by Crippen LogP contribution is -2.31. The van der Waals surface area contributed by atoms with Crippen molar-refractivity contribution >= 4 is 5.97 Å². The van der Waals surface area contributed by atoms with Crippen LogP contribution in [0.2, 0.25) is 0 Å². The number of carbonyl (C=O) groups is 1. The van der Waals surface area contributed by atoms with E-state index >= 15 is 0 Å². The quantitative estimate of drug-likeness (QED) is 0.743. The fraction of sp³-hybridized carbons (Fsp3) is 0.263. The van der Waals surface area contributed by atoms with Crippen LogP contribution in [0.25, 0.3) is 0 Å². The van der Waals surface area contributed by atoms with Crippen LogP contribution in [0.4, 0.5) is 13.2 Å². The number of rotatable bonds is 4. The van der Waals surface area contributed by atoms with Crippen molar-refractivity contribution in [3.63, 3.8) is 0 Å². The minimum atomic E-state index is -4.77. The Morgan fingerprint density at radius 3 is 2.62 bits per heavy atom. The van der Waals surface area contributed by atoms with Crippen molar-refractivity contribution < 1.29 is 37.0 Å². The van der Waals surface area contributed by atoms with Crippen LogP contribution in [0.1, 0.15) is 35.5 Å². The van der Waals surface area contributed by atoms with Gasteiger partial charge in [-0.3, -0.25) is 4.79 Å². The molecule has 154 valence electrons. The highest BCUT2D eigenvalue weighted by atomic mass is 19.4. The zero-order valence-electron chi connectivity index (χ0n) is 15.1. The molecule has 2 heterocycles. The maximum absolute atomic E-state index is 13.7. The van der Waals surface area contributed by atoms with E-state index in [1.807, 2.05) is 0 Å². The summed E-state index contributed by atoms with van der Waals surface area (Å²) in [6, 6.07) is 5.42. The number of fused-ring (bicyclic) bond motifs is 1. The molecule has 0 saturated heterocycles. The number of hydrogen-bond acceptors (Lipinski definition) is 7. The van der Waals surface area contributed by atoms with Gasteiger partial charge in [-0.2, -0.15) is 13.2 Å². The van der Waals surface area contributed by atoms with Gasteiger partial charge in [0.05, 0.1) is 18.1 Å². The second kappa shape index (κ2) is 7.63. The Morgan fingerprint density at radius 2 is 2.00 bits per heavy atom. The Labute approximate surface area is 162 Å². The summed E-state index contributed by atoms with van der Waals surface area (Å²) in [6.45, 7) is 0.746. The highest BCUT2D eigenvalue weighted by Gasteiger charge is 2.43. The van der Waals surface area contributed by atoms with Crippen LogP contribution >= 0.6 is 0 Å². The van der Waals surface area contributed by atoms with Gasteiger partial charge in [-0.1, -0.05) is 18.2 Å². The molecule has 1 atom stereocenters. The molecule has 0 amide bonds. The fourth-order valence-corrected chi connectivity index (χ4v) is 3.09. The van der Waals surface area contributed by atoms with Crippen molar-refractivity contribution in [3.05, 3.63) is 74.7 Å². The SMILES string of the molecule is CCOC(=O)C1=C(N)Oc2c(oc(CO)cc2=O)[C@@H]1c1ccccc1C(F)(F)F. The first kappa shape index (κ1) is 20.5. The number of ether oxygens (including phenoxy) is 2. The Hall–Kier alpha value is -3.27. The third-order valence-electron chi connectivity index (χ3n) is 4.24. The lowest BCUT2D eigenvalue weighted by atomic mass is 9.84. The molecule has 0 bridgehead atoms. The molecular weight excluding hydrogens is 395 g/mol. The van der Waals surface area contributed by atoms with Crippen LogP contribution in [0.5, 0.6) is 5.75 Å². The molecule has 0 fully saturated rings. The molecule has 0 saturated carbocycles. The first-order valence-electron chi connectivity index (χ1n) is 8.47. The minimum Gasteiger partial charge on any atom is -0.462 e. The molecule has 3 rings (SSSR count). The van der Waals surface area contributed by atoms with Crippen LogP contribution in [0, 0.1) is 0 Å². The van der Waals surface area contributed by atoms with Crippen molar-refractivity contribution in [1.82, 2.24) is 0 Å². The summed E-state index contributed by atoms with van der Waals surface area (Å²) in [6.07, 6.45) is -4.77. The van der Waals surface area contributed by atoms with E-state index in [-0.39, 0.29) is 23.7 Å². The summed E-state index contributed by atoms with van der Waals surface area (Å²) in [7, 11) is 0. The highest BCUT2D eigenvalue weighted by molar-refractivity contribution is 5.92. The average Bonchev–Trinajstić information content (AvgIpc) is 2.67. The molecule has 0 aliphatic carbocycles. The van der Waals surface area contributed by atoms with Gasteiger partial charge in [-0.05, 0) is 18.6 Å². The van der Waals surface area contributed by atoms with E-state index < -0.39 is 52.9 Å². The number of carbonyl (C=O) groups excluding carboxylic acids is 1. The summed E-state index contributed by atoms with van der Waals surface area (Å²) >= 11 is 0. The normalized spacial score (nSPS) is 16.2. The molecule has 1 aliphatic heterocycles. The lowest BCUT2D eigenvalue weighted by Gasteiger charge is -2.28. The van der Waals surface area contributed by atoms with E-state index in [0.29, 0.717) is 0 Å². The molecule has 7 nitrogen and oxygen atoms in total. The van der Waals surface area contributed by atoms with Gasteiger partial charge in [0.2, 0.25) is 17.1 Å². The lowest BCUT2D eigenvalue weighted by molar-refractivity contribution is -0.141. The predicted octanol–water partition coefficient (Wildman–Crippen LogP) is 2.41. The maximum atomic E-state index is 13.7. The van der Waals surface area contributed by atoms with Gasteiger partial charge in [0, 0.05) is 6.07 Å². The van der Waals surface area contributed by atoms with E-state index in [1.165, 1.54) is 19.1 Å². The summed E-state index contributed by atoms with van der Waals surface area (Å²) in [4.78, 5) is 24.8. The molecule has 3 N–H and O–H groups in total. The monoisotopic (exact) mass is 411 g/mol. The van der Waals surface area contributed by atoms with Crippen molar-refractivity contribution in [2.45, 2.75) is 25.6 Å². The van der Waals surface area contributed by atoms with Crippen LogP contribution < -0.4 is 15.9 Å². The number of nitrogens with two attached hydrogens (primary N) is 1. The molecule has 29 heavy (non-hydrogen) atoms. The molecule has 0 spiro atoms. The summed E-state index contributed by atoms with van der Waals surface area (Å²) in [5, 5.41) is 9.33. The maximum Gasteiger partial charge on any atom is 0.416 e. The fourth-order valence-electron chi connectivity index (χ4n) is 3.09. The van der Waals surface area contributed by atoms with E-state index in [2.05, 4.69) is 0 Å². The highest BCUT2D eigenvalue weighted by Crippen LogP contribution is 2.45. The summed E-state index contributed by atoms with van der Waals surface area (Å²) < 4.78 is 56.5. The van der Waals surface area contributed by atoms with Crippen molar-refractivity contribution in [3.8, 4) is 5.75 Å². The second-order valence-corrected chi connectivity index (χ2v) is 6.05. The van der Waals surface area contributed by atoms with E-state index in [9.17, 15) is 27.9 Å². The van der Waals surface area contributed by atoms with E-state index in [4.69, 9.17) is 19.6 Å². The number of esters is 1. The molecule has 1 aromatic carbocycles. The molecule has 0 radical (unpaired) electrons. The minimum absolute atomic E-state index is 0.0727. The van der Waals surface area contributed by atoms with Crippen LogP contribution in [-0.4, -0.2) is 17.7 Å². The number of hydrogen-bond donors (Lipinski definition) is 2. The number of benzene rings is 1. The third-order valence-corrected chi connectivity index (χ3v) is 4.24. The van der Waals surface area contributed by atoms with Gasteiger partial charge < -0.3 is 24.7 Å². The molecular formula is C19H16F3NO6. The third kappa shape index (κ3) is 3.70. The van der Waals surface area contributed by atoms with Crippen LogP contribution in [-0.2, 0) is 22.3 Å². The number of aliphatic hydroxyl groups excluding tert-OH is 1. The van der Waals surface area contributed by atoms with Gasteiger partial charge in [0.25, 0.3) is 0 Å². The van der Waals surface area contributed by atoms with Gasteiger partial charge >= 0.3 is 12.1 Å². The first-order chi connectivity index (χ1) is 13.7. The van der Waals surface area contributed by atoms with Gasteiger partial charge in [-0.15, -0.1) is 0 Å². The smallest absolute Gasteiger partial charge is 0.416 e. The summed E-state index contributed by atoms with van der Waals surface area (Å²) in [5.74, 6) is -4.17. The van der Waals surface area contributed by atoms with Gasteiger partial charge in [-0.25, -0.2) is 4.79 Å². The standard InChI is InChI=1S/C19H16F3NO6/c1-2-27-18(26)14-13(10-5-3-4-6-11(10)19(20,21)22)16-15(29-17(14)23)12(25)7-9(8-24)28-16/h3-7,13,24H,2,8,23H2,1H3/t13-/m1/s1. The second-order valence-electron chi connectivity index (χ2n) is 6.05. The van der Waals surface area contributed by atoms with Crippen LogP contribution in [0.15, 0.2) is 51.0 Å². The Balaban J connectivity index is 2.36. The van der Waals surface area contributed by atoms with Crippen LogP contribution in [0.3, 0.4) is 0 Å². The molecule has 10 heteroatoms. The molecule has 1 aliphatic rings. The molecule has 0 unspecified atom stereocenters. The van der Waals surface area contributed by atoms with Gasteiger partial charge in [0.1, 0.15) is 17.9 Å². The number of aliphatic hydroxyl groups is 1. The predicted molar refractivity (Wildman–Crippen MR) is 92.7 cm³/mol. The molecule has 2 aromatic rings. The number of alkyl halides is 3. The Morgan fingerprint density at radius 1 is 1.31 bits per heavy atom. The first-order valence-corrected chi connectivity index (χ1v) is 8.47.